The maximum atomic E-state index is 12.5. The van der Waals surface area contributed by atoms with Crippen molar-refractivity contribution in [3.05, 3.63) is 59.7 Å². The number of ether oxygens (including phenoxy) is 1. The first-order valence-electron chi connectivity index (χ1n) is 8.77. The van der Waals surface area contributed by atoms with Gasteiger partial charge in [0.1, 0.15) is 5.75 Å². The summed E-state index contributed by atoms with van der Waals surface area (Å²) in [4.78, 5) is 25.8. The molecule has 0 saturated carbocycles. The second-order valence-corrected chi connectivity index (χ2v) is 6.13. The van der Waals surface area contributed by atoms with E-state index in [1.807, 2.05) is 38.1 Å². The van der Waals surface area contributed by atoms with Crippen molar-refractivity contribution in [3.63, 3.8) is 0 Å². The van der Waals surface area contributed by atoms with Crippen molar-refractivity contribution in [3.8, 4) is 5.75 Å². The molecular formula is C20H23N3O3. The SMILES string of the molecule is CCOc1ccc(C(C)NC(=O)c2ccc(N3CCNC3=O)cc2)cc1. The number of urea groups is 1. The maximum absolute atomic E-state index is 12.5. The second-order valence-electron chi connectivity index (χ2n) is 6.13. The van der Waals surface area contributed by atoms with E-state index in [1.54, 1.807) is 29.2 Å². The van der Waals surface area contributed by atoms with Crippen molar-refractivity contribution in [1.29, 1.82) is 0 Å². The Balaban J connectivity index is 1.62. The van der Waals surface area contributed by atoms with Crippen LogP contribution in [-0.4, -0.2) is 31.6 Å². The van der Waals surface area contributed by atoms with Gasteiger partial charge < -0.3 is 15.4 Å². The number of benzene rings is 2. The lowest BCUT2D eigenvalue weighted by molar-refractivity contribution is 0.0940. The molecule has 1 fully saturated rings. The molecule has 0 radical (unpaired) electrons. The number of rotatable bonds is 6. The third kappa shape index (κ3) is 3.96. The summed E-state index contributed by atoms with van der Waals surface area (Å²) in [5.74, 6) is 0.667. The van der Waals surface area contributed by atoms with Crippen LogP contribution in [0.1, 0.15) is 35.8 Å². The summed E-state index contributed by atoms with van der Waals surface area (Å²) in [7, 11) is 0. The van der Waals surface area contributed by atoms with Crippen molar-refractivity contribution in [1.82, 2.24) is 10.6 Å². The third-order valence-electron chi connectivity index (χ3n) is 4.34. The minimum absolute atomic E-state index is 0.105. The highest BCUT2D eigenvalue weighted by Gasteiger charge is 2.21. The molecule has 3 amide bonds. The number of carbonyl (C=O) groups excluding carboxylic acids is 2. The number of hydrogen-bond donors (Lipinski definition) is 2. The van der Waals surface area contributed by atoms with Gasteiger partial charge >= 0.3 is 6.03 Å². The van der Waals surface area contributed by atoms with Gasteiger partial charge in [-0.25, -0.2) is 4.79 Å². The van der Waals surface area contributed by atoms with E-state index < -0.39 is 0 Å². The van der Waals surface area contributed by atoms with Crippen molar-refractivity contribution in [2.75, 3.05) is 24.6 Å². The lowest BCUT2D eigenvalue weighted by atomic mass is 10.1. The standard InChI is InChI=1S/C20H23N3O3/c1-3-26-18-10-6-15(7-11-18)14(2)22-19(24)16-4-8-17(9-5-16)23-13-12-21-20(23)25/h4-11,14H,3,12-13H2,1-2H3,(H,21,25)(H,22,24). The van der Waals surface area contributed by atoms with Gasteiger partial charge in [-0.2, -0.15) is 0 Å². The molecule has 0 aromatic heterocycles. The van der Waals surface area contributed by atoms with Crippen LogP contribution in [0.4, 0.5) is 10.5 Å². The van der Waals surface area contributed by atoms with E-state index in [-0.39, 0.29) is 18.0 Å². The molecule has 0 bridgehead atoms. The fourth-order valence-electron chi connectivity index (χ4n) is 2.89. The van der Waals surface area contributed by atoms with Crippen molar-refractivity contribution >= 4 is 17.6 Å². The molecule has 1 atom stereocenters. The Bertz CT molecular complexity index is 772. The molecule has 26 heavy (non-hydrogen) atoms. The first-order chi connectivity index (χ1) is 12.6. The molecule has 6 nitrogen and oxygen atoms in total. The van der Waals surface area contributed by atoms with Crippen LogP contribution >= 0.6 is 0 Å². The van der Waals surface area contributed by atoms with Gasteiger partial charge in [0.15, 0.2) is 0 Å². The fraction of sp³-hybridized carbons (Fsp3) is 0.300. The number of amides is 3. The van der Waals surface area contributed by atoms with Crippen molar-refractivity contribution in [2.45, 2.75) is 19.9 Å². The average Bonchev–Trinajstić information content (AvgIpc) is 3.08. The van der Waals surface area contributed by atoms with E-state index in [1.165, 1.54) is 0 Å². The minimum Gasteiger partial charge on any atom is -0.494 e. The summed E-state index contributed by atoms with van der Waals surface area (Å²) in [6.07, 6.45) is 0. The van der Waals surface area contributed by atoms with Crippen LogP contribution in [0.2, 0.25) is 0 Å². The fourth-order valence-corrected chi connectivity index (χ4v) is 2.89. The van der Waals surface area contributed by atoms with Crippen LogP contribution in [-0.2, 0) is 0 Å². The predicted molar refractivity (Wildman–Crippen MR) is 101 cm³/mol. The number of hydrogen-bond acceptors (Lipinski definition) is 3. The molecule has 1 heterocycles. The van der Waals surface area contributed by atoms with Gasteiger partial charge in [0.25, 0.3) is 5.91 Å². The van der Waals surface area contributed by atoms with Gasteiger partial charge in [-0.3, -0.25) is 9.69 Å². The first kappa shape index (κ1) is 17.8. The minimum atomic E-state index is -0.149. The summed E-state index contributed by atoms with van der Waals surface area (Å²) in [6, 6.07) is 14.5. The van der Waals surface area contributed by atoms with Gasteiger partial charge in [-0.15, -0.1) is 0 Å². The van der Waals surface area contributed by atoms with E-state index in [9.17, 15) is 9.59 Å². The second kappa shape index (κ2) is 7.91. The molecule has 6 heteroatoms. The molecule has 2 aromatic carbocycles. The van der Waals surface area contributed by atoms with E-state index >= 15 is 0 Å². The maximum Gasteiger partial charge on any atom is 0.321 e. The molecular weight excluding hydrogens is 330 g/mol. The summed E-state index contributed by atoms with van der Waals surface area (Å²) in [6.45, 7) is 5.79. The lowest BCUT2D eigenvalue weighted by Gasteiger charge is -2.16. The van der Waals surface area contributed by atoms with Crippen LogP contribution < -0.4 is 20.3 Å². The highest BCUT2D eigenvalue weighted by atomic mass is 16.5. The van der Waals surface area contributed by atoms with Gasteiger partial charge in [-0.1, -0.05) is 12.1 Å². The Morgan fingerprint density at radius 3 is 2.46 bits per heavy atom. The summed E-state index contributed by atoms with van der Waals surface area (Å²) in [5, 5.41) is 5.75. The Labute approximate surface area is 153 Å². The van der Waals surface area contributed by atoms with Crippen LogP contribution in [0.15, 0.2) is 48.5 Å². The van der Waals surface area contributed by atoms with Gasteiger partial charge in [0.2, 0.25) is 0 Å². The average molecular weight is 353 g/mol. The molecule has 1 saturated heterocycles. The Morgan fingerprint density at radius 1 is 1.19 bits per heavy atom. The van der Waals surface area contributed by atoms with Gasteiger partial charge in [0, 0.05) is 24.3 Å². The van der Waals surface area contributed by atoms with Gasteiger partial charge in [0.05, 0.1) is 12.6 Å². The molecule has 2 N–H and O–H groups in total. The van der Waals surface area contributed by atoms with Crippen LogP contribution in [0.3, 0.4) is 0 Å². The zero-order chi connectivity index (χ0) is 18.5. The highest BCUT2D eigenvalue weighted by molar-refractivity contribution is 5.97. The van der Waals surface area contributed by atoms with Crippen molar-refractivity contribution < 1.29 is 14.3 Å². The largest absolute Gasteiger partial charge is 0.494 e. The lowest BCUT2D eigenvalue weighted by Crippen LogP contribution is -2.28. The number of nitrogens with zero attached hydrogens (tertiary/aromatic N) is 1. The van der Waals surface area contributed by atoms with Crippen LogP contribution in [0, 0.1) is 0 Å². The normalized spacial score (nSPS) is 14.7. The molecule has 0 aliphatic carbocycles. The summed E-state index contributed by atoms with van der Waals surface area (Å²) >= 11 is 0. The molecule has 0 spiro atoms. The Morgan fingerprint density at radius 2 is 1.88 bits per heavy atom. The number of nitrogens with one attached hydrogen (secondary N) is 2. The van der Waals surface area contributed by atoms with Crippen LogP contribution in [0.5, 0.6) is 5.75 Å². The highest BCUT2D eigenvalue weighted by Crippen LogP contribution is 2.20. The van der Waals surface area contributed by atoms with Gasteiger partial charge in [-0.05, 0) is 55.8 Å². The molecule has 2 aromatic rings. The van der Waals surface area contributed by atoms with Crippen molar-refractivity contribution in [2.24, 2.45) is 0 Å². The molecule has 1 unspecified atom stereocenters. The van der Waals surface area contributed by atoms with E-state index in [4.69, 9.17) is 4.74 Å². The first-order valence-corrected chi connectivity index (χ1v) is 8.77. The molecule has 136 valence electrons. The Hall–Kier alpha value is -3.02. The summed E-state index contributed by atoms with van der Waals surface area (Å²) in [5.41, 5.74) is 2.36. The zero-order valence-corrected chi connectivity index (χ0v) is 15.0. The third-order valence-corrected chi connectivity index (χ3v) is 4.34. The summed E-state index contributed by atoms with van der Waals surface area (Å²) < 4.78 is 5.43. The van der Waals surface area contributed by atoms with E-state index in [0.29, 0.717) is 25.3 Å². The monoisotopic (exact) mass is 353 g/mol. The zero-order valence-electron chi connectivity index (χ0n) is 15.0. The van der Waals surface area contributed by atoms with Crippen LogP contribution in [0.25, 0.3) is 0 Å². The van der Waals surface area contributed by atoms with E-state index in [2.05, 4.69) is 10.6 Å². The topological polar surface area (TPSA) is 70.7 Å². The molecule has 1 aliphatic rings. The smallest absolute Gasteiger partial charge is 0.321 e. The quantitative estimate of drug-likeness (QED) is 0.838. The molecule has 1 aliphatic heterocycles. The predicted octanol–water partition coefficient (Wildman–Crippen LogP) is 3.11. The molecule has 3 rings (SSSR count). The Kier molecular flexibility index (Phi) is 5.41. The number of carbonyl (C=O) groups is 2. The van der Waals surface area contributed by atoms with E-state index in [0.717, 1.165) is 17.0 Å². The number of anilines is 1.